The molecular formula is C20H34N4O5S2. The summed E-state index contributed by atoms with van der Waals surface area (Å²) in [4.78, 5) is 14.5. The van der Waals surface area contributed by atoms with Crippen molar-refractivity contribution in [2.75, 3.05) is 53.4 Å². The summed E-state index contributed by atoms with van der Waals surface area (Å²) in [5, 5.41) is 2.87. The van der Waals surface area contributed by atoms with Gasteiger partial charge < -0.3 is 10.2 Å². The average molecular weight is 475 g/mol. The first-order chi connectivity index (χ1) is 14.5. The minimum absolute atomic E-state index is 0.0275. The second kappa shape index (κ2) is 10.9. The van der Waals surface area contributed by atoms with Crippen LogP contribution in [-0.4, -0.2) is 89.6 Å². The SMILES string of the molecule is CCN(CC)S(=O)(=O)c1ccc(S(=O)(=O)N2CCCC(C(=O)NCCN(C)C)C2)cc1. The van der Waals surface area contributed by atoms with Crippen molar-refractivity contribution in [2.24, 2.45) is 5.92 Å². The highest BCUT2D eigenvalue weighted by molar-refractivity contribution is 7.89. The summed E-state index contributed by atoms with van der Waals surface area (Å²) >= 11 is 0. The minimum Gasteiger partial charge on any atom is -0.355 e. The van der Waals surface area contributed by atoms with Crippen molar-refractivity contribution < 1.29 is 21.6 Å². The molecule has 1 N–H and O–H groups in total. The van der Waals surface area contributed by atoms with Crippen LogP contribution in [0.5, 0.6) is 0 Å². The molecule has 1 aliphatic heterocycles. The van der Waals surface area contributed by atoms with Crippen molar-refractivity contribution in [3.8, 4) is 0 Å². The predicted molar refractivity (Wildman–Crippen MR) is 120 cm³/mol. The number of nitrogens with one attached hydrogen (secondary N) is 1. The van der Waals surface area contributed by atoms with E-state index in [-0.39, 0.29) is 22.2 Å². The van der Waals surface area contributed by atoms with E-state index in [4.69, 9.17) is 0 Å². The first-order valence-corrected chi connectivity index (χ1v) is 13.4. The Morgan fingerprint density at radius 2 is 1.65 bits per heavy atom. The lowest BCUT2D eigenvalue weighted by molar-refractivity contribution is -0.126. The second-order valence-electron chi connectivity index (χ2n) is 7.86. The van der Waals surface area contributed by atoms with Gasteiger partial charge in [0.1, 0.15) is 0 Å². The molecule has 31 heavy (non-hydrogen) atoms. The fraction of sp³-hybridized carbons (Fsp3) is 0.650. The molecule has 11 heteroatoms. The number of rotatable bonds is 10. The molecule has 1 heterocycles. The third-order valence-corrected chi connectivity index (χ3v) is 9.36. The molecule has 1 fully saturated rings. The van der Waals surface area contributed by atoms with Gasteiger partial charge in [-0.05, 0) is 51.2 Å². The number of likely N-dealkylation sites (N-methyl/N-ethyl adjacent to an activating group) is 1. The molecule has 0 bridgehead atoms. The summed E-state index contributed by atoms with van der Waals surface area (Å²) in [7, 11) is -3.64. The molecule has 0 saturated carbocycles. The van der Waals surface area contributed by atoms with E-state index in [0.717, 1.165) is 0 Å². The van der Waals surface area contributed by atoms with Crippen molar-refractivity contribution >= 4 is 26.0 Å². The van der Waals surface area contributed by atoms with Crippen LogP contribution >= 0.6 is 0 Å². The van der Waals surface area contributed by atoms with Crippen molar-refractivity contribution in [1.82, 2.24) is 18.8 Å². The number of nitrogens with zero attached hydrogens (tertiary/aromatic N) is 3. The van der Waals surface area contributed by atoms with Crippen LogP contribution in [-0.2, 0) is 24.8 Å². The Labute approximate surface area is 186 Å². The highest BCUT2D eigenvalue weighted by Crippen LogP contribution is 2.25. The zero-order valence-electron chi connectivity index (χ0n) is 18.7. The van der Waals surface area contributed by atoms with Crippen LogP contribution in [0.1, 0.15) is 26.7 Å². The Morgan fingerprint density at radius 3 is 2.19 bits per heavy atom. The molecule has 0 aliphatic carbocycles. The first kappa shape index (κ1) is 25.7. The van der Waals surface area contributed by atoms with Gasteiger partial charge in [0.05, 0.1) is 15.7 Å². The van der Waals surface area contributed by atoms with E-state index in [1.165, 1.54) is 32.9 Å². The Hall–Kier alpha value is -1.53. The fourth-order valence-electron chi connectivity index (χ4n) is 3.57. The standard InChI is InChI=1S/C20H34N4O5S2/c1-5-23(6-2)30(26,27)18-9-11-19(12-10-18)31(28,29)24-14-7-8-17(16-24)20(25)21-13-15-22(3)4/h9-12,17H,5-8,13-16H2,1-4H3,(H,21,25). The van der Waals surface area contributed by atoms with Crippen molar-refractivity contribution in [2.45, 2.75) is 36.5 Å². The molecule has 2 rings (SSSR count). The van der Waals surface area contributed by atoms with Gasteiger partial charge in [-0.25, -0.2) is 16.8 Å². The van der Waals surface area contributed by atoms with Gasteiger partial charge in [0.25, 0.3) is 0 Å². The Morgan fingerprint density at radius 1 is 1.06 bits per heavy atom. The van der Waals surface area contributed by atoms with Gasteiger partial charge in [-0.15, -0.1) is 0 Å². The highest BCUT2D eigenvalue weighted by Gasteiger charge is 2.33. The molecule has 1 atom stereocenters. The maximum atomic E-state index is 13.1. The molecule has 1 aromatic rings. The van der Waals surface area contributed by atoms with Crippen LogP contribution in [0.25, 0.3) is 0 Å². The van der Waals surface area contributed by atoms with Crippen molar-refractivity contribution in [3.05, 3.63) is 24.3 Å². The molecule has 1 aliphatic rings. The minimum atomic E-state index is -3.82. The number of hydrogen-bond donors (Lipinski definition) is 1. The lowest BCUT2D eigenvalue weighted by Crippen LogP contribution is -2.46. The maximum absolute atomic E-state index is 13.1. The maximum Gasteiger partial charge on any atom is 0.243 e. The topological polar surface area (TPSA) is 107 Å². The Bertz CT molecular complexity index is 942. The quantitative estimate of drug-likeness (QED) is 0.537. The number of sulfonamides is 2. The summed E-state index contributed by atoms with van der Waals surface area (Å²) in [6.07, 6.45) is 1.24. The van der Waals surface area contributed by atoms with Crippen LogP contribution in [0, 0.1) is 5.92 Å². The van der Waals surface area contributed by atoms with E-state index < -0.39 is 26.0 Å². The van der Waals surface area contributed by atoms with E-state index >= 15 is 0 Å². The van der Waals surface area contributed by atoms with Gasteiger partial charge in [-0.3, -0.25) is 4.79 Å². The number of hydrogen-bond acceptors (Lipinski definition) is 6. The molecule has 1 amide bonds. The number of piperidine rings is 1. The Kier molecular flexibility index (Phi) is 9.02. The lowest BCUT2D eigenvalue weighted by Gasteiger charge is -2.31. The molecular weight excluding hydrogens is 440 g/mol. The van der Waals surface area contributed by atoms with Gasteiger partial charge in [0.15, 0.2) is 0 Å². The lowest BCUT2D eigenvalue weighted by atomic mass is 9.99. The Balaban J connectivity index is 2.13. The smallest absolute Gasteiger partial charge is 0.243 e. The molecule has 1 unspecified atom stereocenters. The van der Waals surface area contributed by atoms with Gasteiger partial charge >= 0.3 is 0 Å². The zero-order valence-corrected chi connectivity index (χ0v) is 20.4. The molecule has 0 radical (unpaired) electrons. The summed E-state index contributed by atoms with van der Waals surface area (Å²) in [6, 6.07) is 5.31. The summed E-state index contributed by atoms with van der Waals surface area (Å²) in [6.45, 7) is 5.86. The van der Waals surface area contributed by atoms with Crippen molar-refractivity contribution in [3.63, 3.8) is 0 Å². The molecule has 1 saturated heterocycles. The number of carbonyl (C=O) groups excluding carboxylic acids is 1. The largest absolute Gasteiger partial charge is 0.355 e. The second-order valence-corrected chi connectivity index (χ2v) is 11.7. The molecule has 9 nitrogen and oxygen atoms in total. The van der Waals surface area contributed by atoms with E-state index in [0.29, 0.717) is 45.6 Å². The van der Waals surface area contributed by atoms with Gasteiger partial charge in [-0.2, -0.15) is 8.61 Å². The van der Waals surface area contributed by atoms with E-state index in [1.807, 2.05) is 19.0 Å². The number of amides is 1. The van der Waals surface area contributed by atoms with Crippen LogP contribution < -0.4 is 5.32 Å². The van der Waals surface area contributed by atoms with Gasteiger partial charge in [0.2, 0.25) is 26.0 Å². The van der Waals surface area contributed by atoms with Crippen LogP contribution in [0.4, 0.5) is 0 Å². The normalized spacial score (nSPS) is 18.5. The van der Waals surface area contributed by atoms with Crippen LogP contribution in [0.15, 0.2) is 34.1 Å². The first-order valence-electron chi connectivity index (χ1n) is 10.6. The van der Waals surface area contributed by atoms with E-state index in [1.54, 1.807) is 13.8 Å². The average Bonchev–Trinajstić information content (AvgIpc) is 2.74. The monoisotopic (exact) mass is 474 g/mol. The van der Waals surface area contributed by atoms with Gasteiger partial charge in [0, 0.05) is 39.3 Å². The third kappa shape index (κ3) is 6.26. The van der Waals surface area contributed by atoms with E-state index in [9.17, 15) is 21.6 Å². The zero-order chi connectivity index (χ0) is 23.2. The fourth-order valence-corrected chi connectivity index (χ4v) is 6.55. The summed E-state index contributed by atoms with van der Waals surface area (Å²) < 4.78 is 54.1. The molecule has 1 aromatic carbocycles. The van der Waals surface area contributed by atoms with Crippen LogP contribution in [0.3, 0.4) is 0 Å². The van der Waals surface area contributed by atoms with Crippen LogP contribution in [0.2, 0.25) is 0 Å². The summed E-state index contributed by atoms with van der Waals surface area (Å²) in [5.41, 5.74) is 0. The predicted octanol–water partition coefficient (Wildman–Crippen LogP) is 0.796. The number of carbonyl (C=O) groups is 1. The van der Waals surface area contributed by atoms with E-state index in [2.05, 4.69) is 5.32 Å². The van der Waals surface area contributed by atoms with Crippen molar-refractivity contribution in [1.29, 1.82) is 0 Å². The van der Waals surface area contributed by atoms with Gasteiger partial charge in [-0.1, -0.05) is 13.8 Å². The number of benzene rings is 1. The molecule has 176 valence electrons. The summed E-state index contributed by atoms with van der Waals surface area (Å²) in [5.74, 6) is -0.532. The molecule has 0 spiro atoms. The highest BCUT2D eigenvalue weighted by atomic mass is 32.2. The molecule has 0 aromatic heterocycles. The third-order valence-electron chi connectivity index (χ3n) is 5.42.